The van der Waals surface area contributed by atoms with Gasteiger partial charge in [0.2, 0.25) is 0 Å². The summed E-state index contributed by atoms with van der Waals surface area (Å²) in [6, 6.07) is 0.372. The van der Waals surface area contributed by atoms with Crippen LogP contribution in [0.3, 0.4) is 0 Å². The lowest BCUT2D eigenvalue weighted by Crippen LogP contribution is -2.30. The van der Waals surface area contributed by atoms with Crippen LogP contribution in [0.1, 0.15) is 52.4 Å². The molecule has 1 aliphatic heterocycles. The van der Waals surface area contributed by atoms with Crippen LogP contribution in [0.25, 0.3) is 0 Å². The van der Waals surface area contributed by atoms with Gasteiger partial charge in [-0.15, -0.1) is 0 Å². The molecule has 0 aliphatic carbocycles. The van der Waals surface area contributed by atoms with Crippen molar-refractivity contribution in [2.24, 2.45) is 5.73 Å². The lowest BCUT2D eigenvalue weighted by Gasteiger charge is -2.20. The molecule has 1 saturated heterocycles. The average molecular weight is 242 g/mol. The first-order chi connectivity index (χ1) is 8.26. The van der Waals surface area contributed by atoms with Crippen LogP contribution in [0.5, 0.6) is 0 Å². The summed E-state index contributed by atoms with van der Waals surface area (Å²) in [6.45, 7) is 8.82. The Morgan fingerprint density at radius 2 is 2.06 bits per heavy atom. The molecule has 0 bridgehead atoms. The predicted molar refractivity (Wildman–Crippen MR) is 73.2 cm³/mol. The van der Waals surface area contributed by atoms with E-state index in [2.05, 4.69) is 18.7 Å². The van der Waals surface area contributed by atoms with E-state index in [0.717, 1.165) is 39.1 Å². The van der Waals surface area contributed by atoms with Crippen LogP contribution in [0.2, 0.25) is 0 Å². The van der Waals surface area contributed by atoms with E-state index in [0.29, 0.717) is 12.1 Å². The van der Waals surface area contributed by atoms with Crippen LogP contribution in [-0.4, -0.2) is 43.3 Å². The molecule has 0 saturated carbocycles. The van der Waals surface area contributed by atoms with Gasteiger partial charge in [0, 0.05) is 12.6 Å². The molecule has 1 aliphatic rings. The molecule has 3 nitrogen and oxygen atoms in total. The molecule has 0 amide bonds. The highest BCUT2D eigenvalue weighted by Gasteiger charge is 2.15. The number of hydrogen-bond donors (Lipinski definition) is 1. The molecule has 2 N–H and O–H groups in total. The van der Waals surface area contributed by atoms with Gasteiger partial charge in [0.1, 0.15) is 0 Å². The van der Waals surface area contributed by atoms with Gasteiger partial charge < -0.3 is 15.4 Å². The van der Waals surface area contributed by atoms with Crippen LogP contribution >= 0.6 is 0 Å². The van der Waals surface area contributed by atoms with Crippen molar-refractivity contribution in [2.45, 2.75) is 64.5 Å². The maximum Gasteiger partial charge on any atom is 0.0576 e. The summed E-state index contributed by atoms with van der Waals surface area (Å²) in [6.07, 6.45) is 7.76. The van der Waals surface area contributed by atoms with E-state index in [1.807, 2.05) is 0 Å². The van der Waals surface area contributed by atoms with Crippen LogP contribution < -0.4 is 5.73 Å². The minimum atomic E-state index is 0.372. The van der Waals surface area contributed by atoms with E-state index in [1.54, 1.807) is 0 Å². The summed E-state index contributed by atoms with van der Waals surface area (Å²) < 4.78 is 5.62. The standard InChI is InChI=1S/C14H30N2O/c1-3-16(4-2)11-10-13(15)7-5-8-14-9-6-12-17-14/h13-14H,3-12,15H2,1-2H3. The Balaban J connectivity index is 1.98. The normalized spacial score (nSPS) is 22.2. The Labute approximate surface area is 107 Å². The first-order valence-corrected chi connectivity index (χ1v) is 7.35. The largest absolute Gasteiger partial charge is 0.378 e. The van der Waals surface area contributed by atoms with Crippen LogP contribution in [0.15, 0.2) is 0 Å². The highest BCUT2D eigenvalue weighted by atomic mass is 16.5. The second kappa shape index (κ2) is 8.90. The van der Waals surface area contributed by atoms with E-state index in [-0.39, 0.29) is 0 Å². The fraction of sp³-hybridized carbons (Fsp3) is 1.00. The molecule has 1 fully saturated rings. The quantitative estimate of drug-likeness (QED) is 0.675. The third-order valence-electron chi connectivity index (χ3n) is 3.84. The molecule has 2 unspecified atom stereocenters. The number of nitrogens with two attached hydrogens (primary N) is 1. The van der Waals surface area contributed by atoms with Crippen molar-refractivity contribution in [2.75, 3.05) is 26.2 Å². The fourth-order valence-electron chi connectivity index (χ4n) is 2.51. The summed E-state index contributed by atoms with van der Waals surface area (Å²) in [4.78, 5) is 2.44. The maximum atomic E-state index is 6.15. The second-order valence-electron chi connectivity index (χ2n) is 5.14. The molecule has 102 valence electrons. The van der Waals surface area contributed by atoms with Crippen molar-refractivity contribution in [1.29, 1.82) is 0 Å². The van der Waals surface area contributed by atoms with Gasteiger partial charge in [-0.2, -0.15) is 0 Å². The second-order valence-corrected chi connectivity index (χ2v) is 5.14. The number of hydrogen-bond acceptors (Lipinski definition) is 3. The van der Waals surface area contributed by atoms with Gasteiger partial charge in [-0.1, -0.05) is 13.8 Å². The van der Waals surface area contributed by atoms with Crippen LogP contribution in [0.4, 0.5) is 0 Å². The van der Waals surface area contributed by atoms with Gasteiger partial charge in [-0.25, -0.2) is 0 Å². The molecule has 0 radical (unpaired) electrons. The smallest absolute Gasteiger partial charge is 0.0576 e. The molecule has 1 heterocycles. The summed E-state index contributed by atoms with van der Waals surface area (Å²) >= 11 is 0. The number of ether oxygens (including phenoxy) is 1. The van der Waals surface area contributed by atoms with E-state index < -0.39 is 0 Å². The zero-order valence-electron chi connectivity index (χ0n) is 11.7. The molecule has 0 aromatic heterocycles. The van der Waals surface area contributed by atoms with Crippen molar-refractivity contribution in [3.8, 4) is 0 Å². The minimum Gasteiger partial charge on any atom is -0.378 e. The van der Waals surface area contributed by atoms with Crippen molar-refractivity contribution >= 4 is 0 Å². The van der Waals surface area contributed by atoms with Gasteiger partial charge in [0.25, 0.3) is 0 Å². The van der Waals surface area contributed by atoms with Crippen molar-refractivity contribution in [3.05, 3.63) is 0 Å². The van der Waals surface area contributed by atoms with Gasteiger partial charge in [-0.3, -0.25) is 0 Å². The molecular weight excluding hydrogens is 212 g/mol. The van der Waals surface area contributed by atoms with Gasteiger partial charge in [0.15, 0.2) is 0 Å². The number of rotatable bonds is 9. The average Bonchev–Trinajstić information content (AvgIpc) is 2.83. The summed E-state index contributed by atoms with van der Waals surface area (Å²) in [5.74, 6) is 0. The molecule has 0 aromatic rings. The van der Waals surface area contributed by atoms with Crippen LogP contribution in [-0.2, 0) is 4.74 Å². The first-order valence-electron chi connectivity index (χ1n) is 7.35. The molecular formula is C14H30N2O. The van der Waals surface area contributed by atoms with Gasteiger partial charge >= 0.3 is 0 Å². The molecule has 1 rings (SSSR count). The zero-order chi connectivity index (χ0) is 12.5. The molecule has 0 spiro atoms. The molecule has 17 heavy (non-hydrogen) atoms. The monoisotopic (exact) mass is 242 g/mol. The highest BCUT2D eigenvalue weighted by Crippen LogP contribution is 2.18. The Hall–Kier alpha value is -0.120. The molecule has 2 atom stereocenters. The Bertz CT molecular complexity index is 177. The summed E-state index contributed by atoms with van der Waals surface area (Å²) in [7, 11) is 0. The minimum absolute atomic E-state index is 0.372. The lowest BCUT2D eigenvalue weighted by atomic mass is 10.0. The van der Waals surface area contributed by atoms with E-state index in [4.69, 9.17) is 10.5 Å². The zero-order valence-corrected chi connectivity index (χ0v) is 11.7. The third kappa shape index (κ3) is 6.39. The Kier molecular flexibility index (Phi) is 7.82. The van der Waals surface area contributed by atoms with E-state index in [9.17, 15) is 0 Å². The highest BCUT2D eigenvalue weighted by molar-refractivity contribution is 4.69. The van der Waals surface area contributed by atoms with E-state index >= 15 is 0 Å². The summed E-state index contributed by atoms with van der Waals surface area (Å²) in [5, 5.41) is 0. The molecule has 3 heteroatoms. The van der Waals surface area contributed by atoms with Gasteiger partial charge in [0.05, 0.1) is 6.10 Å². The van der Waals surface area contributed by atoms with Crippen molar-refractivity contribution < 1.29 is 4.74 Å². The Morgan fingerprint density at radius 1 is 1.29 bits per heavy atom. The topological polar surface area (TPSA) is 38.5 Å². The third-order valence-corrected chi connectivity index (χ3v) is 3.84. The van der Waals surface area contributed by atoms with Crippen molar-refractivity contribution in [3.63, 3.8) is 0 Å². The molecule has 0 aromatic carbocycles. The Morgan fingerprint density at radius 3 is 2.65 bits per heavy atom. The number of nitrogens with zero attached hydrogens (tertiary/aromatic N) is 1. The van der Waals surface area contributed by atoms with E-state index in [1.165, 1.54) is 25.7 Å². The van der Waals surface area contributed by atoms with Crippen molar-refractivity contribution in [1.82, 2.24) is 4.90 Å². The summed E-state index contributed by atoms with van der Waals surface area (Å²) in [5.41, 5.74) is 6.15. The fourth-order valence-corrected chi connectivity index (χ4v) is 2.51. The first kappa shape index (κ1) is 14.9. The predicted octanol–water partition coefficient (Wildman–Crippen LogP) is 2.39. The SMILES string of the molecule is CCN(CC)CCC(N)CCCC1CCCO1. The lowest BCUT2D eigenvalue weighted by molar-refractivity contribution is 0.101. The van der Waals surface area contributed by atoms with Crippen LogP contribution in [0, 0.1) is 0 Å². The maximum absolute atomic E-state index is 6.15. The van der Waals surface area contributed by atoms with Gasteiger partial charge in [-0.05, 0) is 58.2 Å².